The summed E-state index contributed by atoms with van der Waals surface area (Å²) in [5.74, 6) is 0.288. The summed E-state index contributed by atoms with van der Waals surface area (Å²) in [5.41, 5.74) is 1.12. The summed E-state index contributed by atoms with van der Waals surface area (Å²) >= 11 is 6.12. The highest BCUT2D eigenvalue weighted by Crippen LogP contribution is 2.35. The Morgan fingerprint density at radius 3 is 2.77 bits per heavy atom. The second kappa shape index (κ2) is 7.62. The monoisotopic (exact) mass is 372 g/mol. The first kappa shape index (κ1) is 18.0. The van der Waals surface area contributed by atoms with Crippen molar-refractivity contribution in [2.24, 2.45) is 0 Å². The molecule has 1 aliphatic rings. The highest BCUT2D eigenvalue weighted by atomic mass is 35.5. The lowest BCUT2D eigenvalue weighted by atomic mass is 10.1. The van der Waals surface area contributed by atoms with Crippen LogP contribution in [0.15, 0.2) is 48.2 Å². The molecule has 3 rings (SSSR count). The van der Waals surface area contributed by atoms with Crippen molar-refractivity contribution in [3.8, 4) is 11.5 Å². The molecular formula is C20H17ClO5. The van der Waals surface area contributed by atoms with Crippen molar-refractivity contribution in [1.82, 2.24) is 0 Å². The van der Waals surface area contributed by atoms with Crippen LogP contribution in [0.25, 0.3) is 6.08 Å². The molecular weight excluding hydrogens is 356 g/mol. The summed E-state index contributed by atoms with van der Waals surface area (Å²) in [6, 6.07) is 12.0. The number of esters is 1. The van der Waals surface area contributed by atoms with E-state index in [-0.39, 0.29) is 18.1 Å². The quantitative estimate of drug-likeness (QED) is 0.579. The van der Waals surface area contributed by atoms with Gasteiger partial charge >= 0.3 is 5.97 Å². The van der Waals surface area contributed by atoms with Crippen LogP contribution in [0.4, 0.5) is 0 Å². The van der Waals surface area contributed by atoms with Crippen molar-refractivity contribution in [3.05, 3.63) is 64.4 Å². The molecule has 0 aliphatic carbocycles. The Bertz CT molecular complexity index is 888. The normalized spacial score (nSPS) is 15.3. The summed E-state index contributed by atoms with van der Waals surface area (Å²) < 4.78 is 16.1. The first-order valence-electron chi connectivity index (χ1n) is 8.15. The van der Waals surface area contributed by atoms with Gasteiger partial charge in [0.1, 0.15) is 11.5 Å². The zero-order valence-electron chi connectivity index (χ0n) is 14.3. The van der Waals surface area contributed by atoms with Crippen LogP contribution in [0.3, 0.4) is 0 Å². The van der Waals surface area contributed by atoms with E-state index in [2.05, 4.69) is 0 Å². The van der Waals surface area contributed by atoms with Gasteiger partial charge in [-0.25, -0.2) is 4.79 Å². The molecule has 5 nitrogen and oxygen atoms in total. The lowest BCUT2D eigenvalue weighted by Gasteiger charge is -2.13. The summed E-state index contributed by atoms with van der Waals surface area (Å²) in [6.45, 7) is 3.61. The Morgan fingerprint density at radius 1 is 1.27 bits per heavy atom. The Balaban J connectivity index is 1.80. The average Bonchev–Trinajstić information content (AvgIpc) is 2.92. The van der Waals surface area contributed by atoms with E-state index >= 15 is 0 Å². The summed E-state index contributed by atoms with van der Waals surface area (Å²) in [4.78, 5) is 24.2. The zero-order valence-corrected chi connectivity index (χ0v) is 15.1. The predicted molar refractivity (Wildman–Crippen MR) is 97.6 cm³/mol. The molecule has 134 valence electrons. The van der Waals surface area contributed by atoms with Gasteiger partial charge in [0.15, 0.2) is 11.9 Å². The maximum Gasteiger partial charge on any atom is 0.347 e. The molecule has 1 atom stereocenters. The van der Waals surface area contributed by atoms with E-state index in [0.717, 1.165) is 0 Å². The molecule has 2 aromatic carbocycles. The van der Waals surface area contributed by atoms with E-state index in [1.807, 2.05) is 12.1 Å². The molecule has 1 aliphatic heterocycles. The number of halogens is 1. The molecule has 0 fully saturated rings. The Morgan fingerprint density at radius 2 is 2.04 bits per heavy atom. The molecule has 0 aromatic heterocycles. The van der Waals surface area contributed by atoms with E-state index in [0.29, 0.717) is 27.6 Å². The molecule has 0 spiro atoms. The van der Waals surface area contributed by atoms with Crippen molar-refractivity contribution >= 4 is 29.4 Å². The lowest BCUT2D eigenvalue weighted by molar-refractivity contribution is -0.150. The molecule has 0 saturated heterocycles. The molecule has 6 heteroatoms. The van der Waals surface area contributed by atoms with E-state index in [1.54, 1.807) is 50.3 Å². The van der Waals surface area contributed by atoms with Crippen LogP contribution < -0.4 is 9.47 Å². The number of fused-ring (bicyclic) bond motifs is 1. The fraction of sp³-hybridized carbons (Fsp3) is 0.200. The van der Waals surface area contributed by atoms with Crippen LogP contribution in [-0.2, 0) is 9.53 Å². The molecule has 0 unspecified atom stereocenters. The highest BCUT2D eigenvalue weighted by molar-refractivity contribution is 6.32. The minimum Gasteiger partial charge on any atom is -0.479 e. The van der Waals surface area contributed by atoms with Crippen molar-refractivity contribution in [2.75, 3.05) is 6.61 Å². The molecule has 1 heterocycles. The second-order valence-electron chi connectivity index (χ2n) is 5.63. The van der Waals surface area contributed by atoms with Gasteiger partial charge in [-0.05, 0) is 43.7 Å². The molecule has 0 saturated carbocycles. The van der Waals surface area contributed by atoms with Gasteiger partial charge in [-0.1, -0.05) is 29.8 Å². The SMILES string of the molecule is CCOC(=O)[C@@H](C)Oc1ccc2c(c1)O/C(=C\c1ccccc1Cl)C2=O. The highest BCUT2D eigenvalue weighted by Gasteiger charge is 2.28. The Kier molecular flexibility index (Phi) is 5.28. The van der Waals surface area contributed by atoms with Crippen molar-refractivity contribution in [1.29, 1.82) is 0 Å². The number of carbonyl (C=O) groups excluding carboxylic acids is 2. The van der Waals surface area contributed by atoms with E-state index < -0.39 is 12.1 Å². The minimum atomic E-state index is -0.761. The van der Waals surface area contributed by atoms with Gasteiger partial charge in [0.2, 0.25) is 5.78 Å². The van der Waals surface area contributed by atoms with Crippen LogP contribution in [0, 0.1) is 0 Å². The number of hydrogen-bond donors (Lipinski definition) is 0. The van der Waals surface area contributed by atoms with Crippen LogP contribution >= 0.6 is 11.6 Å². The third-order valence-electron chi connectivity index (χ3n) is 3.76. The number of rotatable bonds is 5. The van der Waals surface area contributed by atoms with Gasteiger partial charge in [-0.3, -0.25) is 4.79 Å². The number of hydrogen-bond acceptors (Lipinski definition) is 5. The van der Waals surface area contributed by atoms with Gasteiger partial charge in [0.25, 0.3) is 0 Å². The first-order valence-corrected chi connectivity index (χ1v) is 8.53. The Labute approximate surface area is 156 Å². The molecule has 26 heavy (non-hydrogen) atoms. The van der Waals surface area contributed by atoms with Gasteiger partial charge in [-0.2, -0.15) is 0 Å². The van der Waals surface area contributed by atoms with Gasteiger partial charge in [0, 0.05) is 11.1 Å². The molecule has 2 aromatic rings. The maximum atomic E-state index is 12.5. The predicted octanol–water partition coefficient (Wildman–Crippen LogP) is 4.29. The molecule has 0 amide bonds. The lowest BCUT2D eigenvalue weighted by Crippen LogP contribution is -2.26. The van der Waals surface area contributed by atoms with Crippen LogP contribution in [0.2, 0.25) is 5.02 Å². The van der Waals surface area contributed by atoms with Crippen molar-refractivity contribution < 1.29 is 23.8 Å². The summed E-state index contributed by atoms with van der Waals surface area (Å²) in [6.07, 6.45) is 0.843. The fourth-order valence-electron chi connectivity index (χ4n) is 2.49. The summed E-state index contributed by atoms with van der Waals surface area (Å²) in [5, 5.41) is 0.527. The van der Waals surface area contributed by atoms with Crippen LogP contribution in [-0.4, -0.2) is 24.5 Å². The Hall–Kier alpha value is -2.79. The maximum absolute atomic E-state index is 12.5. The first-order chi connectivity index (χ1) is 12.5. The standard InChI is InChI=1S/C20H17ClO5/c1-3-24-20(23)12(2)25-14-8-9-15-17(11-14)26-18(19(15)22)10-13-6-4-5-7-16(13)21/h4-12H,3H2,1-2H3/b18-10-/t12-/m1/s1. The summed E-state index contributed by atoms with van der Waals surface area (Å²) in [7, 11) is 0. The minimum absolute atomic E-state index is 0.184. The van der Waals surface area contributed by atoms with Crippen molar-refractivity contribution in [3.63, 3.8) is 0 Å². The van der Waals surface area contributed by atoms with Gasteiger partial charge in [0.05, 0.1) is 12.2 Å². The van der Waals surface area contributed by atoms with E-state index in [4.69, 9.17) is 25.8 Å². The third-order valence-corrected chi connectivity index (χ3v) is 4.11. The number of carbonyl (C=O) groups is 2. The molecule has 0 radical (unpaired) electrons. The number of benzene rings is 2. The average molecular weight is 373 g/mol. The molecule has 0 bridgehead atoms. The van der Waals surface area contributed by atoms with Crippen LogP contribution in [0.1, 0.15) is 29.8 Å². The molecule has 0 N–H and O–H groups in total. The number of ketones is 1. The fourth-order valence-corrected chi connectivity index (χ4v) is 2.68. The zero-order chi connectivity index (χ0) is 18.7. The number of ether oxygens (including phenoxy) is 3. The number of allylic oxidation sites excluding steroid dienone is 1. The third kappa shape index (κ3) is 3.73. The number of Topliss-reactive ketones (excluding diaryl/α,β-unsaturated/α-hetero) is 1. The smallest absolute Gasteiger partial charge is 0.347 e. The van der Waals surface area contributed by atoms with Crippen LogP contribution in [0.5, 0.6) is 11.5 Å². The van der Waals surface area contributed by atoms with E-state index in [1.165, 1.54) is 0 Å². The van der Waals surface area contributed by atoms with Gasteiger partial charge < -0.3 is 14.2 Å². The van der Waals surface area contributed by atoms with Crippen molar-refractivity contribution in [2.45, 2.75) is 20.0 Å². The topological polar surface area (TPSA) is 61.8 Å². The van der Waals surface area contributed by atoms with E-state index in [9.17, 15) is 9.59 Å². The van der Waals surface area contributed by atoms with Gasteiger partial charge in [-0.15, -0.1) is 0 Å². The largest absolute Gasteiger partial charge is 0.479 e. The second-order valence-corrected chi connectivity index (χ2v) is 6.04.